The minimum absolute atomic E-state index is 0.186. The van der Waals surface area contributed by atoms with Gasteiger partial charge in [-0.1, -0.05) is 18.2 Å². The summed E-state index contributed by atoms with van der Waals surface area (Å²) < 4.78 is 17.1. The molecule has 1 N–H and O–H groups in total. The second-order valence-electron chi connectivity index (χ2n) is 2.17. The molecule has 0 aromatic heterocycles. The summed E-state index contributed by atoms with van der Waals surface area (Å²) in [4.78, 5) is 10.1. The van der Waals surface area contributed by atoms with Crippen LogP contribution < -0.4 is 5.73 Å². The molecule has 0 aliphatic rings. The molecule has 0 spiro atoms. The van der Waals surface area contributed by atoms with Crippen molar-refractivity contribution < 1.29 is 13.9 Å². The van der Waals surface area contributed by atoms with E-state index < -0.39 is 11.9 Å². The molecule has 0 aliphatic heterocycles. The highest BCUT2D eigenvalue weighted by Gasteiger charge is 2.02. The third-order valence-electron chi connectivity index (χ3n) is 1.32. The van der Waals surface area contributed by atoms with Gasteiger partial charge in [0.2, 0.25) is 0 Å². The first-order chi connectivity index (χ1) is 5.70. The van der Waals surface area contributed by atoms with Crippen LogP contribution in [0.3, 0.4) is 0 Å². The molecule has 1 rings (SSSR count). The molecular weight excluding hydrogens is 161 g/mol. The molecule has 1 amide bonds. The Morgan fingerprint density at radius 2 is 2.17 bits per heavy atom. The zero-order valence-electron chi connectivity index (χ0n) is 6.21. The fourth-order valence-electron chi connectivity index (χ4n) is 0.759. The minimum Gasteiger partial charge on any atom is -0.443 e. The molecule has 3 nitrogen and oxygen atoms in total. The Morgan fingerprint density at radius 1 is 1.50 bits per heavy atom. The van der Waals surface area contributed by atoms with E-state index in [2.05, 4.69) is 4.74 Å². The first-order valence-corrected chi connectivity index (χ1v) is 3.32. The van der Waals surface area contributed by atoms with Gasteiger partial charge >= 0.3 is 6.09 Å². The van der Waals surface area contributed by atoms with Crippen LogP contribution in [0.2, 0.25) is 0 Å². The van der Waals surface area contributed by atoms with Crippen molar-refractivity contribution in [2.75, 3.05) is 0 Å². The zero-order chi connectivity index (χ0) is 8.97. The molecule has 0 saturated carbocycles. The summed E-state index contributed by atoms with van der Waals surface area (Å²) in [7, 11) is 0. The molecule has 0 unspecified atom stereocenters. The van der Waals surface area contributed by atoms with Crippen molar-refractivity contribution in [3.8, 4) is 0 Å². The Kier molecular flexibility index (Phi) is 2.63. The van der Waals surface area contributed by atoms with Crippen molar-refractivity contribution in [3.63, 3.8) is 0 Å². The van der Waals surface area contributed by atoms with Crippen LogP contribution in [0, 0.1) is 5.82 Å². The average molecular weight is 168 g/mol. The van der Waals surface area contributed by atoms with E-state index >= 15 is 0 Å². The van der Waals surface area contributed by atoms with Crippen molar-refractivity contribution in [3.05, 3.63) is 35.6 Å². The molecule has 4 heteroatoms. The van der Waals surface area contributed by atoms with Crippen LogP contribution >= 0.6 is 0 Å². The number of ether oxygens (including phenoxy) is 1. The number of carbonyl (C=O) groups excluding carboxylic acids is 1. The van der Waals surface area contributed by atoms with E-state index in [0.29, 0.717) is 0 Å². The van der Waals surface area contributed by atoms with Gasteiger partial charge in [-0.05, 0) is 6.07 Å². The molecule has 0 atom stereocenters. The van der Waals surface area contributed by atoms with Crippen LogP contribution in [0.5, 0.6) is 0 Å². The lowest BCUT2D eigenvalue weighted by atomic mass is 10.2. The third kappa shape index (κ3) is 2.23. The van der Waals surface area contributed by atoms with E-state index in [1.807, 2.05) is 0 Å². The molecular formula is C8H7FNO2. The number of rotatable bonds is 2. The highest BCUT2D eigenvalue weighted by molar-refractivity contribution is 5.63. The molecule has 12 heavy (non-hydrogen) atoms. The van der Waals surface area contributed by atoms with Gasteiger partial charge in [0, 0.05) is 5.56 Å². The first-order valence-electron chi connectivity index (χ1n) is 3.32. The van der Waals surface area contributed by atoms with Gasteiger partial charge < -0.3 is 4.74 Å². The average Bonchev–Trinajstić information content (AvgIpc) is 2.03. The Labute approximate surface area is 68.9 Å². The van der Waals surface area contributed by atoms with Crippen LogP contribution in [-0.2, 0) is 11.3 Å². The van der Waals surface area contributed by atoms with E-state index in [1.165, 1.54) is 12.1 Å². The molecule has 0 saturated heterocycles. The minimum atomic E-state index is -1.15. The Bertz CT molecular complexity index is 288. The molecule has 0 heterocycles. The van der Waals surface area contributed by atoms with Crippen molar-refractivity contribution >= 4 is 6.09 Å². The number of nitrogens with one attached hydrogen (secondary N) is 1. The van der Waals surface area contributed by atoms with Gasteiger partial charge in [0.05, 0.1) is 0 Å². The lowest BCUT2D eigenvalue weighted by Gasteiger charge is -2.01. The van der Waals surface area contributed by atoms with Crippen LogP contribution in [-0.4, -0.2) is 6.09 Å². The third-order valence-corrected chi connectivity index (χ3v) is 1.32. The second-order valence-corrected chi connectivity index (χ2v) is 2.17. The van der Waals surface area contributed by atoms with Gasteiger partial charge in [0.25, 0.3) is 0 Å². The maximum Gasteiger partial charge on any atom is 0.426 e. The first kappa shape index (κ1) is 8.52. The molecule has 1 aromatic carbocycles. The van der Waals surface area contributed by atoms with Crippen LogP contribution in [0.1, 0.15) is 5.56 Å². The molecule has 0 bridgehead atoms. The van der Waals surface area contributed by atoms with Crippen molar-refractivity contribution in [1.82, 2.24) is 5.73 Å². The summed E-state index contributed by atoms with van der Waals surface area (Å²) in [5, 5.41) is 0. The predicted molar refractivity (Wildman–Crippen MR) is 39.7 cm³/mol. The smallest absolute Gasteiger partial charge is 0.426 e. The molecule has 0 fully saturated rings. The van der Waals surface area contributed by atoms with Gasteiger partial charge in [-0.3, -0.25) is 0 Å². The van der Waals surface area contributed by atoms with Crippen LogP contribution in [0.15, 0.2) is 24.3 Å². The Balaban J connectivity index is 2.63. The zero-order valence-corrected chi connectivity index (χ0v) is 6.21. The Morgan fingerprint density at radius 3 is 2.75 bits per heavy atom. The highest BCUT2D eigenvalue weighted by Crippen LogP contribution is 2.07. The summed E-state index contributed by atoms with van der Waals surface area (Å²) in [6.45, 7) is -0.186. The van der Waals surface area contributed by atoms with E-state index in [-0.39, 0.29) is 12.2 Å². The van der Waals surface area contributed by atoms with Crippen molar-refractivity contribution in [2.24, 2.45) is 0 Å². The maximum absolute atomic E-state index is 12.8. The van der Waals surface area contributed by atoms with Crippen molar-refractivity contribution in [2.45, 2.75) is 6.61 Å². The molecule has 63 valence electrons. The number of hydrogen-bond acceptors (Lipinski definition) is 2. The monoisotopic (exact) mass is 168 g/mol. The van der Waals surface area contributed by atoms with Gasteiger partial charge in [-0.15, -0.1) is 0 Å². The topological polar surface area (TPSA) is 50.1 Å². The normalized spacial score (nSPS) is 9.42. The fourth-order valence-corrected chi connectivity index (χ4v) is 0.759. The van der Waals surface area contributed by atoms with E-state index in [0.717, 1.165) is 0 Å². The van der Waals surface area contributed by atoms with Gasteiger partial charge in [0.1, 0.15) is 12.4 Å². The summed E-state index contributed by atoms with van der Waals surface area (Å²) >= 11 is 0. The highest BCUT2D eigenvalue weighted by atomic mass is 19.1. The lowest BCUT2D eigenvalue weighted by Crippen LogP contribution is -2.03. The standard InChI is InChI=1S/C8H7FNO2/c9-7-4-2-1-3-6(7)5-12-8(10)11/h1-4,10H,5H2. The van der Waals surface area contributed by atoms with Crippen LogP contribution in [0.4, 0.5) is 9.18 Å². The van der Waals surface area contributed by atoms with E-state index in [4.69, 9.17) is 5.73 Å². The number of carbonyl (C=O) groups is 1. The Hall–Kier alpha value is -1.58. The SMILES string of the molecule is [NH]C(=O)OCc1ccccc1F. The predicted octanol–water partition coefficient (Wildman–Crippen LogP) is 1.75. The lowest BCUT2D eigenvalue weighted by molar-refractivity contribution is 0.147. The van der Waals surface area contributed by atoms with Crippen molar-refractivity contribution in [1.29, 1.82) is 0 Å². The number of benzene rings is 1. The summed E-state index contributed by atoms with van der Waals surface area (Å²) in [5.74, 6) is -0.432. The van der Waals surface area contributed by atoms with Gasteiger partial charge in [-0.25, -0.2) is 14.9 Å². The number of amides is 1. The van der Waals surface area contributed by atoms with E-state index in [9.17, 15) is 9.18 Å². The summed E-state index contributed by atoms with van der Waals surface area (Å²) in [6.07, 6.45) is -1.15. The number of hydrogen-bond donors (Lipinski definition) is 0. The summed E-state index contributed by atoms with van der Waals surface area (Å²) in [6, 6.07) is 5.95. The fraction of sp³-hybridized carbons (Fsp3) is 0.125. The molecule has 1 aromatic rings. The van der Waals surface area contributed by atoms with E-state index in [1.54, 1.807) is 12.1 Å². The molecule has 1 radical (unpaired) electrons. The second kappa shape index (κ2) is 3.71. The van der Waals surface area contributed by atoms with Crippen LogP contribution in [0.25, 0.3) is 0 Å². The largest absolute Gasteiger partial charge is 0.443 e. The van der Waals surface area contributed by atoms with Gasteiger partial charge in [-0.2, -0.15) is 0 Å². The number of halogens is 1. The quantitative estimate of drug-likeness (QED) is 0.675. The maximum atomic E-state index is 12.8. The van der Waals surface area contributed by atoms with Gasteiger partial charge in [0.15, 0.2) is 0 Å². The molecule has 0 aliphatic carbocycles. The summed E-state index contributed by atoms with van der Waals surface area (Å²) in [5.41, 5.74) is 6.69.